The van der Waals surface area contributed by atoms with Crippen molar-refractivity contribution in [1.82, 2.24) is 29.5 Å². The van der Waals surface area contributed by atoms with E-state index < -0.39 is 0 Å². The van der Waals surface area contributed by atoms with Crippen molar-refractivity contribution in [2.45, 2.75) is 0 Å². The number of H-pyrrole nitrogens is 1. The molecule has 4 rings (SSSR count). The molecule has 0 spiro atoms. The van der Waals surface area contributed by atoms with Crippen LogP contribution in [0, 0.1) is 0 Å². The third-order valence-electron chi connectivity index (χ3n) is 3.45. The number of ether oxygens (including phenoxy) is 1. The van der Waals surface area contributed by atoms with E-state index in [9.17, 15) is 0 Å². The van der Waals surface area contributed by atoms with Gasteiger partial charge in [0.15, 0.2) is 5.65 Å². The topological polar surface area (TPSA) is 93.0 Å². The minimum atomic E-state index is 0.496. The fraction of sp³-hybridized carbons (Fsp3) is 0.143. The van der Waals surface area contributed by atoms with E-state index in [-0.39, 0.29) is 0 Å². The largest absolute Gasteiger partial charge is 0.480 e. The average Bonchev–Trinajstić information content (AvgIpc) is 3.19. The monoisotopic (exact) mass is 295 g/mol. The van der Waals surface area contributed by atoms with Gasteiger partial charge in [-0.25, -0.2) is 9.50 Å². The number of anilines is 1. The molecule has 0 radical (unpaired) electrons. The van der Waals surface area contributed by atoms with E-state index >= 15 is 0 Å². The number of hydrogen-bond acceptors (Lipinski definition) is 6. The van der Waals surface area contributed by atoms with Crippen molar-refractivity contribution in [2.24, 2.45) is 0 Å². The number of rotatable bonds is 3. The Hall–Kier alpha value is -3.16. The summed E-state index contributed by atoms with van der Waals surface area (Å²) in [5.74, 6) is 0.994. The first kappa shape index (κ1) is 12.6. The van der Waals surface area contributed by atoms with Crippen molar-refractivity contribution in [1.29, 1.82) is 0 Å². The van der Waals surface area contributed by atoms with Gasteiger partial charge < -0.3 is 15.0 Å². The number of aromatic amines is 1. The normalized spacial score (nSPS) is 11.2. The molecular weight excluding hydrogens is 282 g/mol. The van der Waals surface area contributed by atoms with Crippen LogP contribution in [-0.4, -0.2) is 43.7 Å². The zero-order chi connectivity index (χ0) is 15.1. The highest BCUT2D eigenvalue weighted by atomic mass is 16.5. The first-order valence-corrected chi connectivity index (χ1v) is 6.72. The Morgan fingerprint density at radius 1 is 1.27 bits per heavy atom. The first-order chi connectivity index (χ1) is 10.8. The highest BCUT2D eigenvalue weighted by Gasteiger charge is 2.16. The minimum absolute atomic E-state index is 0.496. The molecule has 0 atom stereocenters. The molecule has 0 unspecified atom stereocenters. The summed E-state index contributed by atoms with van der Waals surface area (Å²) in [6.45, 7) is 0. The van der Waals surface area contributed by atoms with E-state index in [1.54, 1.807) is 31.1 Å². The van der Waals surface area contributed by atoms with Crippen LogP contribution in [-0.2, 0) is 0 Å². The fourth-order valence-corrected chi connectivity index (χ4v) is 2.42. The molecule has 0 aromatic carbocycles. The molecule has 0 aliphatic carbocycles. The lowest BCUT2D eigenvalue weighted by Crippen LogP contribution is -1.99. The van der Waals surface area contributed by atoms with E-state index in [0.29, 0.717) is 17.5 Å². The fourth-order valence-electron chi connectivity index (χ4n) is 2.42. The Morgan fingerprint density at radius 3 is 3.00 bits per heavy atom. The SMILES string of the molecule is CNc1nc(OC)c2c(-c3ccc4nccn4n3)c[nH]c2n1. The Bertz CT molecular complexity index is 972. The highest BCUT2D eigenvalue weighted by molar-refractivity contribution is 5.96. The van der Waals surface area contributed by atoms with Gasteiger partial charge in [-0.05, 0) is 12.1 Å². The summed E-state index contributed by atoms with van der Waals surface area (Å²) in [5.41, 5.74) is 3.16. The summed E-state index contributed by atoms with van der Waals surface area (Å²) >= 11 is 0. The average molecular weight is 295 g/mol. The standard InChI is InChI=1S/C14H13N7O/c1-15-14-18-12-11(13(19-14)22-2)8(7-17-12)9-3-4-10-16-5-6-21(10)20-9/h3-7H,1-2H3,(H2,15,17,18,19). The van der Waals surface area contributed by atoms with Crippen molar-refractivity contribution >= 4 is 22.6 Å². The molecule has 0 bridgehead atoms. The molecule has 22 heavy (non-hydrogen) atoms. The molecule has 4 aromatic heterocycles. The van der Waals surface area contributed by atoms with Gasteiger partial charge in [-0.15, -0.1) is 0 Å². The Kier molecular flexibility index (Phi) is 2.68. The number of fused-ring (bicyclic) bond motifs is 2. The number of methoxy groups -OCH3 is 1. The zero-order valence-electron chi connectivity index (χ0n) is 12.0. The molecule has 0 saturated heterocycles. The molecular formula is C14H13N7O. The van der Waals surface area contributed by atoms with Gasteiger partial charge in [-0.1, -0.05) is 0 Å². The second kappa shape index (κ2) is 4.69. The van der Waals surface area contributed by atoms with Gasteiger partial charge >= 0.3 is 0 Å². The van der Waals surface area contributed by atoms with Gasteiger partial charge in [0.2, 0.25) is 11.8 Å². The lowest BCUT2D eigenvalue weighted by Gasteiger charge is -2.06. The number of nitrogens with one attached hydrogen (secondary N) is 2. The predicted molar refractivity (Wildman–Crippen MR) is 82.0 cm³/mol. The molecule has 4 heterocycles. The minimum Gasteiger partial charge on any atom is -0.480 e. The van der Waals surface area contributed by atoms with Gasteiger partial charge in [-0.3, -0.25) is 0 Å². The third-order valence-corrected chi connectivity index (χ3v) is 3.45. The Morgan fingerprint density at radius 2 is 2.18 bits per heavy atom. The van der Waals surface area contributed by atoms with Gasteiger partial charge in [0.05, 0.1) is 18.2 Å². The molecule has 0 aliphatic rings. The number of hydrogen-bond donors (Lipinski definition) is 2. The van der Waals surface area contributed by atoms with Gasteiger partial charge in [-0.2, -0.15) is 15.1 Å². The van der Waals surface area contributed by atoms with Crippen molar-refractivity contribution in [2.75, 3.05) is 19.5 Å². The smallest absolute Gasteiger partial charge is 0.228 e. The second-order valence-corrected chi connectivity index (χ2v) is 4.68. The quantitative estimate of drug-likeness (QED) is 0.598. The highest BCUT2D eigenvalue weighted by Crippen LogP contribution is 2.33. The van der Waals surface area contributed by atoms with Crippen LogP contribution in [0.15, 0.2) is 30.7 Å². The molecule has 0 fully saturated rings. The van der Waals surface area contributed by atoms with Crippen LogP contribution in [0.25, 0.3) is 27.9 Å². The zero-order valence-corrected chi connectivity index (χ0v) is 12.0. The van der Waals surface area contributed by atoms with Crippen molar-refractivity contribution in [3.8, 4) is 17.1 Å². The van der Waals surface area contributed by atoms with E-state index in [4.69, 9.17) is 4.74 Å². The van der Waals surface area contributed by atoms with Crippen molar-refractivity contribution < 1.29 is 4.74 Å². The van der Waals surface area contributed by atoms with Crippen LogP contribution in [0.1, 0.15) is 0 Å². The maximum absolute atomic E-state index is 5.40. The van der Waals surface area contributed by atoms with Crippen LogP contribution in [0.2, 0.25) is 0 Å². The summed E-state index contributed by atoms with van der Waals surface area (Å²) in [5, 5.41) is 8.27. The second-order valence-electron chi connectivity index (χ2n) is 4.68. The van der Waals surface area contributed by atoms with Crippen LogP contribution in [0.3, 0.4) is 0 Å². The van der Waals surface area contributed by atoms with Gasteiger partial charge in [0.25, 0.3) is 0 Å². The van der Waals surface area contributed by atoms with E-state index in [1.165, 1.54) is 0 Å². The molecule has 0 aliphatic heterocycles. The molecule has 0 amide bonds. The predicted octanol–water partition coefficient (Wildman–Crippen LogP) is 1.72. The summed E-state index contributed by atoms with van der Waals surface area (Å²) in [7, 11) is 3.35. The molecule has 8 heteroatoms. The number of imidazole rings is 1. The Balaban J connectivity index is 1.98. The molecule has 2 N–H and O–H groups in total. The lowest BCUT2D eigenvalue weighted by atomic mass is 10.1. The summed E-state index contributed by atoms with van der Waals surface area (Å²) in [6.07, 6.45) is 5.37. The maximum atomic E-state index is 5.40. The third kappa shape index (κ3) is 1.77. The molecule has 8 nitrogen and oxygen atoms in total. The van der Waals surface area contributed by atoms with Crippen molar-refractivity contribution in [3.05, 3.63) is 30.7 Å². The first-order valence-electron chi connectivity index (χ1n) is 6.72. The van der Waals surface area contributed by atoms with Crippen LogP contribution in [0.4, 0.5) is 5.95 Å². The van der Waals surface area contributed by atoms with Crippen LogP contribution in [0.5, 0.6) is 5.88 Å². The summed E-state index contributed by atoms with van der Waals surface area (Å²) in [4.78, 5) is 16.1. The molecule has 4 aromatic rings. The van der Waals surface area contributed by atoms with Crippen molar-refractivity contribution in [3.63, 3.8) is 0 Å². The van der Waals surface area contributed by atoms with Gasteiger partial charge in [0.1, 0.15) is 5.65 Å². The lowest BCUT2D eigenvalue weighted by molar-refractivity contribution is 0.403. The number of aromatic nitrogens is 6. The van der Waals surface area contributed by atoms with E-state index in [1.807, 2.05) is 18.3 Å². The summed E-state index contributed by atoms with van der Waals surface area (Å²) < 4.78 is 7.13. The van der Waals surface area contributed by atoms with Crippen LogP contribution >= 0.6 is 0 Å². The van der Waals surface area contributed by atoms with Gasteiger partial charge in [0, 0.05) is 31.2 Å². The van der Waals surface area contributed by atoms with E-state index in [0.717, 1.165) is 22.3 Å². The van der Waals surface area contributed by atoms with Crippen LogP contribution < -0.4 is 10.1 Å². The van der Waals surface area contributed by atoms with E-state index in [2.05, 4.69) is 30.4 Å². The maximum Gasteiger partial charge on any atom is 0.228 e. The molecule has 0 saturated carbocycles. The Labute approximate surface area is 125 Å². The molecule has 110 valence electrons. The number of nitrogens with zero attached hydrogens (tertiary/aromatic N) is 5. The summed E-state index contributed by atoms with van der Waals surface area (Å²) in [6, 6.07) is 3.83.